The average Bonchev–Trinajstić information content (AvgIpc) is 3.25. The molecule has 4 aromatic rings. The number of nitrogens with one attached hydrogen (secondary N) is 1. The molecule has 1 N–H and O–H groups in total. The number of fused-ring (bicyclic) bond motifs is 1. The van der Waals surface area contributed by atoms with Crippen LogP contribution in [0.1, 0.15) is 0 Å². The largest absolute Gasteiger partial charge is 0.493 e. The molecule has 11 heteroatoms. The summed E-state index contributed by atoms with van der Waals surface area (Å²) in [5.41, 5.74) is 0.969. The van der Waals surface area contributed by atoms with Crippen LogP contribution < -0.4 is 25.1 Å². The Morgan fingerprint density at radius 2 is 1.76 bits per heavy atom. The molecular formula is C22H19ClN4O6. The zero-order valence-corrected chi connectivity index (χ0v) is 18.7. The Bertz CT molecular complexity index is 1360. The lowest BCUT2D eigenvalue weighted by Gasteiger charge is -2.14. The molecular weight excluding hydrogens is 452 g/mol. The van der Waals surface area contributed by atoms with Crippen molar-refractivity contribution in [3.63, 3.8) is 0 Å². The predicted octanol–water partition coefficient (Wildman–Crippen LogP) is 3.37. The Morgan fingerprint density at radius 3 is 2.36 bits per heavy atom. The molecule has 0 saturated carbocycles. The third-order valence-corrected chi connectivity index (χ3v) is 5.10. The maximum Gasteiger partial charge on any atom is 0.267 e. The zero-order chi connectivity index (χ0) is 23.5. The molecule has 2 aromatic carbocycles. The summed E-state index contributed by atoms with van der Waals surface area (Å²) in [6, 6.07) is 9.96. The summed E-state index contributed by atoms with van der Waals surface area (Å²) >= 11 is 5.94. The predicted molar refractivity (Wildman–Crippen MR) is 121 cm³/mol. The van der Waals surface area contributed by atoms with Gasteiger partial charge in [-0.2, -0.15) is 0 Å². The van der Waals surface area contributed by atoms with Gasteiger partial charge in [-0.3, -0.25) is 14.2 Å². The number of rotatable bonds is 7. The molecule has 33 heavy (non-hydrogen) atoms. The molecule has 4 rings (SSSR count). The first-order valence-electron chi connectivity index (χ1n) is 9.65. The lowest BCUT2D eigenvalue weighted by atomic mass is 10.1. The molecule has 0 bridgehead atoms. The van der Waals surface area contributed by atoms with E-state index >= 15 is 0 Å². The molecule has 10 nitrogen and oxygen atoms in total. The Morgan fingerprint density at radius 1 is 1.09 bits per heavy atom. The number of ether oxygens (including phenoxy) is 3. The summed E-state index contributed by atoms with van der Waals surface area (Å²) in [4.78, 5) is 29.9. The fraction of sp³-hybridized carbons (Fsp3) is 0.182. The van der Waals surface area contributed by atoms with E-state index < -0.39 is 11.5 Å². The lowest BCUT2D eigenvalue weighted by Crippen LogP contribution is -2.27. The summed E-state index contributed by atoms with van der Waals surface area (Å²) in [7, 11) is 4.43. The fourth-order valence-corrected chi connectivity index (χ4v) is 3.43. The average molecular weight is 471 g/mol. The number of methoxy groups -OCH3 is 3. The van der Waals surface area contributed by atoms with Crippen molar-refractivity contribution in [2.75, 3.05) is 26.6 Å². The highest BCUT2D eigenvalue weighted by Gasteiger charge is 2.19. The van der Waals surface area contributed by atoms with Crippen LogP contribution in [0.5, 0.6) is 17.2 Å². The number of hydrogen-bond acceptors (Lipinski definition) is 8. The molecule has 2 heterocycles. The normalized spacial score (nSPS) is 10.8. The molecule has 0 fully saturated rings. The maximum absolute atomic E-state index is 13.1. The molecule has 0 spiro atoms. The van der Waals surface area contributed by atoms with Crippen LogP contribution in [-0.2, 0) is 11.3 Å². The van der Waals surface area contributed by atoms with Gasteiger partial charge in [0.25, 0.3) is 11.3 Å². The van der Waals surface area contributed by atoms with Crippen LogP contribution in [0.25, 0.3) is 22.4 Å². The molecule has 0 saturated heterocycles. The van der Waals surface area contributed by atoms with Crippen molar-refractivity contribution in [3.8, 4) is 28.5 Å². The summed E-state index contributed by atoms with van der Waals surface area (Å²) < 4.78 is 22.2. The monoisotopic (exact) mass is 470 g/mol. The maximum atomic E-state index is 13.1. The van der Waals surface area contributed by atoms with E-state index in [2.05, 4.69) is 15.5 Å². The van der Waals surface area contributed by atoms with E-state index in [1.807, 2.05) is 0 Å². The topological polar surface area (TPSA) is 118 Å². The number of anilines is 1. The van der Waals surface area contributed by atoms with Crippen LogP contribution >= 0.6 is 11.6 Å². The number of carbonyl (C=O) groups is 1. The molecule has 0 radical (unpaired) electrons. The quantitative estimate of drug-likeness (QED) is 0.437. The number of nitrogens with zero attached hydrogens (tertiary/aromatic N) is 3. The van der Waals surface area contributed by atoms with E-state index in [1.165, 1.54) is 32.2 Å². The third kappa shape index (κ3) is 4.33. The van der Waals surface area contributed by atoms with Gasteiger partial charge in [-0.25, -0.2) is 4.98 Å². The van der Waals surface area contributed by atoms with E-state index in [1.54, 1.807) is 36.4 Å². The first kappa shape index (κ1) is 22.2. The van der Waals surface area contributed by atoms with Gasteiger partial charge in [-0.15, -0.1) is 0 Å². The van der Waals surface area contributed by atoms with E-state index in [9.17, 15) is 9.59 Å². The van der Waals surface area contributed by atoms with Crippen LogP contribution in [0, 0.1) is 0 Å². The molecule has 0 aliphatic heterocycles. The molecule has 0 aliphatic carbocycles. The second-order valence-electron chi connectivity index (χ2n) is 6.86. The van der Waals surface area contributed by atoms with Gasteiger partial charge < -0.3 is 24.1 Å². The van der Waals surface area contributed by atoms with Crippen LogP contribution in [0.4, 0.5) is 5.69 Å². The second-order valence-corrected chi connectivity index (χ2v) is 7.29. The number of halogens is 1. The zero-order valence-electron chi connectivity index (χ0n) is 17.9. The van der Waals surface area contributed by atoms with Gasteiger partial charge >= 0.3 is 0 Å². The molecule has 1 amide bonds. The number of amides is 1. The standard InChI is InChI=1S/C22H19ClN4O6/c1-30-15-8-14(9-16(31-2)20(15)32-3)25-17(28)10-27-11-24-21-18(22(27)29)19(26-33-21)12-4-6-13(23)7-5-12/h4-9,11H,10H2,1-3H3,(H,25,28). The molecule has 2 aromatic heterocycles. The van der Waals surface area contributed by atoms with Crippen molar-refractivity contribution in [1.82, 2.24) is 14.7 Å². The van der Waals surface area contributed by atoms with Crippen molar-refractivity contribution < 1.29 is 23.5 Å². The number of hydrogen-bond donors (Lipinski definition) is 1. The number of benzene rings is 2. The Balaban J connectivity index is 1.62. The van der Waals surface area contributed by atoms with Crippen LogP contribution in [-0.4, -0.2) is 41.9 Å². The van der Waals surface area contributed by atoms with Gasteiger partial charge in [0.15, 0.2) is 11.5 Å². The fourth-order valence-electron chi connectivity index (χ4n) is 3.31. The summed E-state index contributed by atoms with van der Waals surface area (Å²) in [6.45, 7) is -0.288. The Kier molecular flexibility index (Phi) is 6.18. The van der Waals surface area contributed by atoms with Crippen molar-refractivity contribution in [3.05, 3.63) is 58.1 Å². The van der Waals surface area contributed by atoms with Gasteiger partial charge in [-0.1, -0.05) is 28.9 Å². The molecule has 0 unspecified atom stereocenters. The van der Waals surface area contributed by atoms with E-state index in [0.717, 1.165) is 0 Å². The van der Waals surface area contributed by atoms with Crippen molar-refractivity contribution in [2.45, 2.75) is 6.54 Å². The molecule has 0 atom stereocenters. The van der Waals surface area contributed by atoms with Crippen LogP contribution in [0.15, 0.2) is 52.0 Å². The first-order chi connectivity index (χ1) is 15.9. The van der Waals surface area contributed by atoms with E-state index in [4.69, 9.17) is 30.3 Å². The first-order valence-corrected chi connectivity index (χ1v) is 10.0. The van der Waals surface area contributed by atoms with Crippen molar-refractivity contribution in [1.29, 1.82) is 0 Å². The summed E-state index contributed by atoms with van der Waals surface area (Å²) in [6.07, 6.45) is 1.23. The second kappa shape index (κ2) is 9.21. The summed E-state index contributed by atoms with van der Waals surface area (Å²) in [5.74, 6) is 0.692. The van der Waals surface area contributed by atoms with Crippen LogP contribution in [0.3, 0.4) is 0 Å². The minimum Gasteiger partial charge on any atom is -0.493 e. The van der Waals surface area contributed by atoms with Gasteiger partial charge in [-0.05, 0) is 12.1 Å². The van der Waals surface area contributed by atoms with Gasteiger partial charge in [0.05, 0.1) is 21.3 Å². The SMILES string of the molecule is COc1cc(NC(=O)Cn2cnc3onc(-c4ccc(Cl)cc4)c3c2=O)cc(OC)c1OC. The van der Waals surface area contributed by atoms with Gasteiger partial charge in [0.2, 0.25) is 11.7 Å². The minimum absolute atomic E-state index is 0.0752. The lowest BCUT2D eigenvalue weighted by molar-refractivity contribution is -0.116. The van der Waals surface area contributed by atoms with E-state index in [-0.39, 0.29) is 17.6 Å². The number of carbonyl (C=O) groups excluding carboxylic acids is 1. The highest BCUT2D eigenvalue weighted by molar-refractivity contribution is 6.30. The van der Waals surface area contributed by atoms with Gasteiger partial charge in [0, 0.05) is 28.4 Å². The Labute approximate surface area is 192 Å². The smallest absolute Gasteiger partial charge is 0.267 e. The number of aromatic nitrogens is 3. The van der Waals surface area contributed by atoms with Gasteiger partial charge in [0.1, 0.15) is 24.0 Å². The third-order valence-electron chi connectivity index (χ3n) is 4.84. The highest BCUT2D eigenvalue weighted by Crippen LogP contribution is 2.39. The Hall–Kier alpha value is -4.05. The van der Waals surface area contributed by atoms with Crippen molar-refractivity contribution in [2.24, 2.45) is 0 Å². The minimum atomic E-state index is -0.466. The van der Waals surface area contributed by atoms with E-state index in [0.29, 0.717) is 39.2 Å². The summed E-state index contributed by atoms with van der Waals surface area (Å²) in [5, 5.41) is 7.40. The van der Waals surface area contributed by atoms with Crippen LogP contribution in [0.2, 0.25) is 5.02 Å². The van der Waals surface area contributed by atoms with Crippen molar-refractivity contribution >= 4 is 34.3 Å². The highest BCUT2D eigenvalue weighted by atomic mass is 35.5. The molecule has 0 aliphatic rings. The molecule has 170 valence electrons.